The SMILES string of the molecule is O=C(Nc1ccccc1Br)c1cc(N2CCCCCC2)ncn1. The van der Waals surface area contributed by atoms with E-state index in [-0.39, 0.29) is 5.91 Å². The summed E-state index contributed by atoms with van der Waals surface area (Å²) < 4.78 is 0.843. The largest absolute Gasteiger partial charge is 0.357 e. The molecular weight excluding hydrogens is 356 g/mol. The summed E-state index contributed by atoms with van der Waals surface area (Å²) >= 11 is 3.43. The lowest BCUT2D eigenvalue weighted by Crippen LogP contribution is -2.25. The van der Waals surface area contributed by atoms with E-state index in [9.17, 15) is 4.79 Å². The van der Waals surface area contributed by atoms with Gasteiger partial charge in [-0.15, -0.1) is 0 Å². The summed E-state index contributed by atoms with van der Waals surface area (Å²) in [6.07, 6.45) is 6.33. The minimum Gasteiger partial charge on any atom is -0.357 e. The van der Waals surface area contributed by atoms with Gasteiger partial charge in [0, 0.05) is 23.6 Å². The van der Waals surface area contributed by atoms with Gasteiger partial charge in [0.05, 0.1) is 5.69 Å². The van der Waals surface area contributed by atoms with E-state index in [1.54, 1.807) is 6.07 Å². The van der Waals surface area contributed by atoms with Crippen molar-refractivity contribution < 1.29 is 4.79 Å². The first-order valence-corrected chi connectivity index (χ1v) is 8.66. The molecule has 0 atom stereocenters. The Morgan fingerprint density at radius 1 is 1.09 bits per heavy atom. The molecule has 1 aromatic carbocycles. The van der Waals surface area contributed by atoms with Gasteiger partial charge < -0.3 is 10.2 Å². The minimum absolute atomic E-state index is 0.227. The van der Waals surface area contributed by atoms with Crippen LogP contribution in [0.4, 0.5) is 11.5 Å². The number of rotatable bonds is 3. The number of benzene rings is 1. The van der Waals surface area contributed by atoms with E-state index in [0.717, 1.165) is 29.1 Å². The molecule has 1 aliphatic rings. The van der Waals surface area contributed by atoms with Gasteiger partial charge in [-0.3, -0.25) is 4.79 Å². The first-order chi connectivity index (χ1) is 11.2. The van der Waals surface area contributed by atoms with E-state index in [1.807, 2.05) is 24.3 Å². The van der Waals surface area contributed by atoms with Crippen LogP contribution in [0.25, 0.3) is 0 Å². The summed E-state index contributed by atoms with van der Waals surface area (Å²) in [6, 6.07) is 9.29. The smallest absolute Gasteiger partial charge is 0.274 e. The molecule has 6 heteroatoms. The molecule has 0 unspecified atom stereocenters. The molecular formula is C17H19BrN4O. The number of nitrogens with zero attached hydrogens (tertiary/aromatic N) is 3. The van der Waals surface area contributed by atoms with Crippen molar-refractivity contribution >= 4 is 33.3 Å². The second-order valence-electron chi connectivity index (χ2n) is 5.60. The predicted octanol–water partition coefficient (Wildman–Crippen LogP) is 3.87. The maximum absolute atomic E-state index is 12.4. The van der Waals surface area contributed by atoms with Gasteiger partial charge in [-0.25, -0.2) is 9.97 Å². The highest BCUT2D eigenvalue weighted by Gasteiger charge is 2.15. The van der Waals surface area contributed by atoms with Crippen LogP contribution < -0.4 is 10.2 Å². The highest BCUT2D eigenvalue weighted by molar-refractivity contribution is 9.10. The van der Waals surface area contributed by atoms with Gasteiger partial charge >= 0.3 is 0 Å². The van der Waals surface area contributed by atoms with Crippen molar-refractivity contribution in [3.8, 4) is 0 Å². The number of halogens is 1. The Balaban J connectivity index is 1.76. The van der Waals surface area contributed by atoms with Crippen molar-refractivity contribution in [2.75, 3.05) is 23.3 Å². The third-order valence-electron chi connectivity index (χ3n) is 3.94. The van der Waals surface area contributed by atoms with E-state index >= 15 is 0 Å². The first-order valence-electron chi connectivity index (χ1n) is 7.87. The molecule has 1 N–H and O–H groups in total. The molecule has 120 valence electrons. The fourth-order valence-corrected chi connectivity index (χ4v) is 3.08. The zero-order valence-electron chi connectivity index (χ0n) is 12.8. The van der Waals surface area contributed by atoms with E-state index < -0.39 is 0 Å². The normalized spacial score (nSPS) is 15.1. The van der Waals surface area contributed by atoms with Gasteiger partial charge in [-0.2, -0.15) is 0 Å². The minimum atomic E-state index is -0.227. The number of hydrogen-bond acceptors (Lipinski definition) is 4. The van der Waals surface area contributed by atoms with E-state index in [0.29, 0.717) is 5.69 Å². The van der Waals surface area contributed by atoms with Crippen molar-refractivity contribution in [3.05, 3.63) is 46.8 Å². The summed E-state index contributed by atoms with van der Waals surface area (Å²) in [7, 11) is 0. The number of carbonyl (C=O) groups excluding carboxylic acids is 1. The molecule has 5 nitrogen and oxygen atoms in total. The standard InChI is InChI=1S/C17H19BrN4O/c18-13-7-3-4-8-14(13)21-17(23)15-11-16(20-12-19-15)22-9-5-1-2-6-10-22/h3-4,7-8,11-12H,1-2,5-6,9-10H2,(H,21,23). The molecule has 1 aliphatic heterocycles. The molecule has 1 fully saturated rings. The zero-order chi connectivity index (χ0) is 16.1. The van der Waals surface area contributed by atoms with Gasteiger partial charge in [-0.05, 0) is 40.9 Å². The molecule has 0 saturated carbocycles. The van der Waals surface area contributed by atoms with Crippen LogP contribution in [0.1, 0.15) is 36.2 Å². The maximum Gasteiger partial charge on any atom is 0.274 e. The fraction of sp³-hybridized carbons (Fsp3) is 0.353. The zero-order valence-corrected chi connectivity index (χ0v) is 14.4. The molecule has 0 aliphatic carbocycles. The lowest BCUT2D eigenvalue weighted by atomic mass is 10.2. The van der Waals surface area contributed by atoms with Gasteiger partial charge in [0.15, 0.2) is 0 Å². The molecule has 0 radical (unpaired) electrons. The number of amides is 1. The van der Waals surface area contributed by atoms with E-state index in [2.05, 4.69) is 36.1 Å². The Kier molecular flexibility index (Phi) is 5.23. The number of nitrogens with one attached hydrogen (secondary N) is 1. The van der Waals surface area contributed by atoms with Crippen LogP contribution in [0.5, 0.6) is 0 Å². The Labute approximate surface area is 144 Å². The van der Waals surface area contributed by atoms with Crippen molar-refractivity contribution in [1.29, 1.82) is 0 Å². The average Bonchev–Trinajstić information content (AvgIpc) is 2.86. The van der Waals surface area contributed by atoms with Gasteiger partial charge in [-0.1, -0.05) is 25.0 Å². The van der Waals surface area contributed by atoms with Crippen LogP contribution in [0.15, 0.2) is 41.1 Å². The number of hydrogen-bond donors (Lipinski definition) is 1. The highest BCUT2D eigenvalue weighted by Crippen LogP contribution is 2.22. The Morgan fingerprint density at radius 2 is 1.83 bits per heavy atom. The molecule has 0 bridgehead atoms. The summed E-state index contributed by atoms with van der Waals surface area (Å²) in [6.45, 7) is 1.98. The Hall–Kier alpha value is -1.95. The number of anilines is 2. The van der Waals surface area contributed by atoms with Crippen LogP contribution in [0.3, 0.4) is 0 Å². The van der Waals surface area contributed by atoms with Crippen LogP contribution in [-0.2, 0) is 0 Å². The second kappa shape index (κ2) is 7.55. The van der Waals surface area contributed by atoms with Crippen molar-refractivity contribution in [2.24, 2.45) is 0 Å². The predicted molar refractivity (Wildman–Crippen MR) is 94.8 cm³/mol. The van der Waals surface area contributed by atoms with Crippen LogP contribution in [0, 0.1) is 0 Å². The summed E-state index contributed by atoms with van der Waals surface area (Å²) in [4.78, 5) is 23.1. The average molecular weight is 375 g/mol. The third-order valence-corrected chi connectivity index (χ3v) is 4.63. The van der Waals surface area contributed by atoms with Gasteiger partial charge in [0.2, 0.25) is 0 Å². The molecule has 3 rings (SSSR count). The fourth-order valence-electron chi connectivity index (χ4n) is 2.69. The summed E-state index contributed by atoms with van der Waals surface area (Å²) in [5.41, 5.74) is 1.11. The Morgan fingerprint density at radius 3 is 2.57 bits per heavy atom. The highest BCUT2D eigenvalue weighted by atomic mass is 79.9. The van der Waals surface area contributed by atoms with E-state index in [1.165, 1.54) is 32.0 Å². The number of aromatic nitrogens is 2. The molecule has 1 saturated heterocycles. The van der Waals surface area contributed by atoms with Crippen LogP contribution in [-0.4, -0.2) is 29.0 Å². The van der Waals surface area contributed by atoms with Gasteiger partial charge in [0.1, 0.15) is 17.8 Å². The quantitative estimate of drug-likeness (QED) is 0.885. The lowest BCUT2D eigenvalue weighted by molar-refractivity contribution is 0.102. The Bertz CT molecular complexity index is 684. The maximum atomic E-state index is 12.4. The summed E-state index contributed by atoms with van der Waals surface area (Å²) in [5, 5.41) is 2.87. The van der Waals surface area contributed by atoms with Crippen molar-refractivity contribution in [2.45, 2.75) is 25.7 Å². The van der Waals surface area contributed by atoms with Gasteiger partial charge in [0.25, 0.3) is 5.91 Å². The van der Waals surface area contributed by atoms with Crippen molar-refractivity contribution in [3.63, 3.8) is 0 Å². The monoisotopic (exact) mass is 374 g/mol. The first kappa shape index (κ1) is 15.9. The topological polar surface area (TPSA) is 58.1 Å². The number of para-hydroxylation sites is 1. The second-order valence-corrected chi connectivity index (χ2v) is 6.45. The molecule has 23 heavy (non-hydrogen) atoms. The molecule has 2 heterocycles. The lowest BCUT2D eigenvalue weighted by Gasteiger charge is -2.21. The van der Waals surface area contributed by atoms with E-state index in [4.69, 9.17) is 0 Å². The number of carbonyl (C=O) groups is 1. The van der Waals surface area contributed by atoms with Crippen LogP contribution >= 0.6 is 15.9 Å². The molecule has 2 aromatic rings. The third kappa shape index (κ3) is 4.07. The molecule has 1 aromatic heterocycles. The summed E-state index contributed by atoms with van der Waals surface area (Å²) in [5.74, 6) is 0.606. The molecule has 1 amide bonds. The van der Waals surface area contributed by atoms with Crippen molar-refractivity contribution in [1.82, 2.24) is 9.97 Å². The van der Waals surface area contributed by atoms with Crippen LogP contribution in [0.2, 0.25) is 0 Å². The molecule has 0 spiro atoms.